The maximum atomic E-state index is 12.7. The number of hydrogen-bond donors (Lipinski definition) is 1. The van der Waals surface area contributed by atoms with Gasteiger partial charge in [0.2, 0.25) is 5.88 Å². The van der Waals surface area contributed by atoms with E-state index in [4.69, 9.17) is 4.74 Å². The highest BCUT2D eigenvalue weighted by atomic mass is 32.2. The Bertz CT molecular complexity index is 890. The van der Waals surface area contributed by atoms with Gasteiger partial charge in [0.25, 0.3) is 10.0 Å². The number of hydrogen-bond acceptors (Lipinski definition) is 5. The summed E-state index contributed by atoms with van der Waals surface area (Å²) < 4.78 is 46.5. The number of sulfonamides is 1. The van der Waals surface area contributed by atoms with Crippen LogP contribution in [0.5, 0.6) is 5.88 Å². The van der Waals surface area contributed by atoms with E-state index in [-0.39, 0.29) is 10.8 Å². The Morgan fingerprint density at radius 1 is 1.42 bits per heavy atom. The van der Waals surface area contributed by atoms with Gasteiger partial charge in [-0.25, -0.2) is 13.1 Å². The Morgan fingerprint density at radius 2 is 2.21 bits per heavy atom. The number of benzene rings is 1. The Hall–Kier alpha value is -1.87. The van der Waals surface area contributed by atoms with E-state index in [9.17, 15) is 12.6 Å². The second-order valence-electron chi connectivity index (χ2n) is 5.65. The second kappa shape index (κ2) is 6.56. The highest BCUT2D eigenvalue weighted by Gasteiger charge is 2.27. The van der Waals surface area contributed by atoms with Gasteiger partial charge < -0.3 is 4.74 Å². The summed E-state index contributed by atoms with van der Waals surface area (Å²) in [5, 5.41) is 4.08. The van der Waals surface area contributed by atoms with Crippen LogP contribution in [0.3, 0.4) is 0 Å². The minimum atomic E-state index is -3.81. The number of ether oxygens (including phenoxy) is 1. The first-order valence-corrected chi connectivity index (χ1v) is 10.7. The van der Waals surface area contributed by atoms with Crippen LogP contribution in [-0.2, 0) is 33.1 Å². The molecule has 2 heterocycles. The molecule has 0 saturated carbocycles. The van der Waals surface area contributed by atoms with Crippen LogP contribution in [-0.4, -0.2) is 35.3 Å². The summed E-state index contributed by atoms with van der Waals surface area (Å²) in [6, 6.07) is 5.28. The molecule has 1 aromatic carbocycles. The van der Waals surface area contributed by atoms with Crippen LogP contribution < -0.4 is 9.46 Å². The maximum absolute atomic E-state index is 12.7. The fourth-order valence-electron chi connectivity index (χ4n) is 2.60. The van der Waals surface area contributed by atoms with Crippen LogP contribution in [0.2, 0.25) is 0 Å². The Morgan fingerprint density at radius 3 is 2.96 bits per heavy atom. The highest BCUT2D eigenvalue weighted by Crippen LogP contribution is 2.29. The van der Waals surface area contributed by atoms with Gasteiger partial charge >= 0.3 is 0 Å². The van der Waals surface area contributed by atoms with E-state index >= 15 is 0 Å². The maximum Gasteiger partial charge on any atom is 0.268 e. The Balaban J connectivity index is 1.93. The summed E-state index contributed by atoms with van der Waals surface area (Å²) in [5.74, 6) is 0.658. The largest absolute Gasteiger partial charge is 0.477 e. The fraction of sp³-hybridized carbons (Fsp3) is 0.400. The molecule has 24 heavy (non-hydrogen) atoms. The molecule has 0 amide bonds. The van der Waals surface area contributed by atoms with Gasteiger partial charge in [0, 0.05) is 35.8 Å². The van der Waals surface area contributed by atoms with Crippen molar-refractivity contribution in [1.29, 1.82) is 0 Å². The number of nitrogens with one attached hydrogen (secondary N) is 1. The van der Waals surface area contributed by atoms with E-state index in [0.717, 1.165) is 17.5 Å². The highest BCUT2D eigenvalue weighted by molar-refractivity contribution is 7.92. The molecule has 0 radical (unpaired) electrons. The zero-order valence-electron chi connectivity index (χ0n) is 13.5. The number of fused-ring (bicyclic) bond motifs is 1. The summed E-state index contributed by atoms with van der Waals surface area (Å²) in [4.78, 5) is 0.0334. The number of aromatic nitrogens is 2. The van der Waals surface area contributed by atoms with Gasteiger partial charge in [0.15, 0.2) is 4.90 Å². The van der Waals surface area contributed by atoms with Gasteiger partial charge in [-0.2, -0.15) is 5.10 Å². The van der Waals surface area contributed by atoms with Gasteiger partial charge in [-0.05, 0) is 24.1 Å². The molecule has 0 aliphatic carbocycles. The number of aryl methyl sites for hydroxylation is 1. The molecule has 1 N–H and O–H groups in total. The van der Waals surface area contributed by atoms with Crippen molar-refractivity contribution in [1.82, 2.24) is 9.78 Å². The average molecular weight is 369 g/mol. The number of rotatable bonds is 5. The molecule has 1 aliphatic heterocycles. The molecule has 0 saturated heterocycles. The van der Waals surface area contributed by atoms with E-state index in [2.05, 4.69) is 9.82 Å². The molecule has 7 nitrogen and oxygen atoms in total. The SMILES string of the molecule is Cc1c(CS(C)=O)cccc1NS(=O)(=O)c1cnn2c1OCCC2. The molecule has 0 spiro atoms. The van der Waals surface area contributed by atoms with Crippen LogP contribution >= 0.6 is 0 Å². The molecule has 130 valence electrons. The number of nitrogens with zero attached hydrogens (tertiary/aromatic N) is 2. The van der Waals surface area contributed by atoms with Gasteiger partial charge in [0.05, 0.1) is 18.5 Å². The summed E-state index contributed by atoms with van der Waals surface area (Å²) >= 11 is 0. The molecule has 2 aromatic rings. The second-order valence-corrected chi connectivity index (χ2v) is 8.74. The summed E-state index contributed by atoms with van der Waals surface area (Å²) in [6.45, 7) is 2.93. The van der Waals surface area contributed by atoms with Crippen molar-refractivity contribution in [3.63, 3.8) is 0 Å². The first-order chi connectivity index (χ1) is 11.4. The van der Waals surface area contributed by atoms with Crippen molar-refractivity contribution in [2.75, 3.05) is 17.6 Å². The van der Waals surface area contributed by atoms with Crippen LogP contribution in [0.25, 0.3) is 0 Å². The third-order valence-electron chi connectivity index (χ3n) is 3.85. The average Bonchev–Trinajstić information content (AvgIpc) is 2.95. The molecule has 0 fully saturated rings. The zero-order valence-corrected chi connectivity index (χ0v) is 15.1. The van der Waals surface area contributed by atoms with Crippen molar-refractivity contribution < 1.29 is 17.4 Å². The van der Waals surface area contributed by atoms with Crippen LogP contribution in [0.15, 0.2) is 29.3 Å². The van der Waals surface area contributed by atoms with E-state index in [1.54, 1.807) is 23.1 Å². The lowest BCUT2D eigenvalue weighted by molar-refractivity contribution is 0.224. The predicted molar refractivity (Wildman–Crippen MR) is 92.1 cm³/mol. The quantitative estimate of drug-likeness (QED) is 0.865. The molecule has 1 aromatic heterocycles. The minimum absolute atomic E-state index is 0.0334. The molecule has 1 atom stereocenters. The van der Waals surface area contributed by atoms with Crippen molar-refractivity contribution in [2.45, 2.75) is 30.5 Å². The van der Waals surface area contributed by atoms with Crippen LogP contribution in [0.1, 0.15) is 17.5 Å². The zero-order chi connectivity index (χ0) is 17.3. The molecular formula is C15H19N3O4S2. The molecule has 0 bridgehead atoms. The first-order valence-electron chi connectivity index (χ1n) is 7.48. The lowest BCUT2D eigenvalue weighted by Crippen LogP contribution is -2.19. The molecule has 1 aliphatic rings. The third-order valence-corrected chi connectivity index (χ3v) is 5.92. The van der Waals surface area contributed by atoms with Crippen molar-refractivity contribution >= 4 is 26.5 Å². The third kappa shape index (κ3) is 3.32. The predicted octanol–water partition coefficient (Wildman–Crippen LogP) is 1.65. The Kier molecular flexibility index (Phi) is 4.64. The monoisotopic (exact) mass is 369 g/mol. The first kappa shape index (κ1) is 17.0. The topological polar surface area (TPSA) is 90.3 Å². The Labute approximate surface area is 143 Å². The van der Waals surface area contributed by atoms with Gasteiger partial charge in [0.1, 0.15) is 0 Å². The van der Waals surface area contributed by atoms with Gasteiger partial charge in [-0.3, -0.25) is 8.93 Å². The van der Waals surface area contributed by atoms with E-state index < -0.39 is 20.8 Å². The van der Waals surface area contributed by atoms with E-state index in [0.29, 0.717) is 24.6 Å². The lowest BCUT2D eigenvalue weighted by Gasteiger charge is -2.17. The van der Waals surface area contributed by atoms with Crippen molar-refractivity contribution in [3.05, 3.63) is 35.5 Å². The summed E-state index contributed by atoms with van der Waals surface area (Å²) in [6.07, 6.45) is 3.73. The molecule has 9 heteroatoms. The lowest BCUT2D eigenvalue weighted by atomic mass is 10.1. The minimum Gasteiger partial charge on any atom is -0.477 e. The molecular weight excluding hydrogens is 350 g/mol. The van der Waals surface area contributed by atoms with Gasteiger partial charge in [-0.1, -0.05) is 12.1 Å². The van der Waals surface area contributed by atoms with Gasteiger partial charge in [-0.15, -0.1) is 0 Å². The summed E-state index contributed by atoms with van der Waals surface area (Å²) in [5.41, 5.74) is 2.08. The van der Waals surface area contributed by atoms with Crippen molar-refractivity contribution in [3.8, 4) is 5.88 Å². The van der Waals surface area contributed by atoms with E-state index in [1.165, 1.54) is 6.20 Å². The van der Waals surface area contributed by atoms with Crippen LogP contribution in [0, 0.1) is 6.92 Å². The van der Waals surface area contributed by atoms with E-state index in [1.807, 2.05) is 13.0 Å². The summed E-state index contributed by atoms with van der Waals surface area (Å²) in [7, 11) is -4.81. The normalized spacial score (nSPS) is 15.4. The smallest absolute Gasteiger partial charge is 0.268 e. The fourth-order valence-corrected chi connectivity index (χ4v) is 4.55. The van der Waals surface area contributed by atoms with Crippen LogP contribution in [0.4, 0.5) is 5.69 Å². The number of anilines is 1. The molecule has 1 unspecified atom stereocenters. The standard InChI is InChI=1S/C15H19N3O4S2/c1-11-12(10-23(2)19)5-3-6-13(11)17-24(20,21)14-9-16-18-7-4-8-22-15(14)18/h3,5-6,9,17H,4,7-8,10H2,1-2H3. The molecule has 3 rings (SSSR count). The van der Waals surface area contributed by atoms with Crippen molar-refractivity contribution in [2.24, 2.45) is 0 Å².